The number of aliphatic hydroxyl groups is 1. The maximum atomic E-state index is 15.7. The normalized spacial score (nSPS) is 24.5. The summed E-state index contributed by atoms with van der Waals surface area (Å²) in [6, 6.07) is 12.2. The molecule has 0 radical (unpaired) electrons. The summed E-state index contributed by atoms with van der Waals surface area (Å²) in [5.74, 6) is -4.92. The minimum atomic E-state index is -2.91. The van der Waals surface area contributed by atoms with Crippen LogP contribution in [0.25, 0.3) is 22.3 Å². The minimum Gasteiger partial charge on any atom is -0.479 e. The number of alkyl halides is 1. The summed E-state index contributed by atoms with van der Waals surface area (Å²) in [6.45, 7) is 0. The Morgan fingerprint density at radius 3 is 2.40 bits per heavy atom. The predicted molar refractivity (Wildman–Crippen MR) is 144 cm³/mol. The molecule has 1 aliphatic carbocycles. The van der Waals surface area contributed by atoms with Crippen molar-refractivity contribution in [3.05, 3.63) is 71.3 Å². The van der Waals surface area contributed by atoms with Gasteiger partial charge in [-0.15, -0.1) is 0 Å². The molecule has 16 heteroatoms. The van der Waals surface area contributed by atoms with Crippen LogP contribution in [-0.2, 0) is 25.5 Å². The molecule has 1 saturated heterocycles. The number of benzene rings is 2. The third-order valence-corrected chi connectivity index (χ3v) is 7.79. The second kappa shape index (κ2) is 9.95. The zero-order valence-corrected chi connectivity index (χ0v) is 22.4. The Hall–Kier alpha value is -4.70. The van der Waals surface area contributed by atoms with Gasteiger partial charge >= 0.3 is 17.9 Å². The summed E-state index contributed by atoms with van der Waals surface area (Å²) < 4.78 is 28.0. The number of anilines is 1. The Bertz CT molecular complexity index is 1790. The average Bonchev–Trinajstić information content (AvgIpc) is 3.20. The summed E-state index contributed by atoms with van der Waals surface area (Å²) in [6.07, 6.45) is -6.28. The van der Waals surface area contributed by atoms with Crippen molar-refractivity contribution in [2.24, 2.45) is 0 Å². The predicted octanol–water partition coefficient (Wildman–Crippen LogP) is 1.94. The second-order valence-corrected chi connectivity index (χ2v) is 10.5. The first kappa shape index (κ1) is 28.4. The molecule has 2 aromatic carbocycles. The van der Waals surface area contributed by atoms with E-state index in [4.69, 9.17) is 26.8 Å². The Morgan fingerprint density at radius 2 is 1.79 bits per heavy atom. The molecule has 0 spiro atoms. The van der Waals surface area contributed by atoms with E-state index in [0.29, 0.717) is 11.1 Å². The van der Waals surface area contributed by atoms with Gasteiger partial charge in [-0.1, -0.05) is 36.4 Å². The van der Waals surface area contributed by atoms with Crippen LogP contribution in [0.4, 0.5) is 10.2 Å². The molecule has 2 fully saturated rings. The molecule has 222 valence electrons. The lowest BCUT2D eigenvalue weighted by Gasteiger charge is -2.29. The summed E-state index contributed by atoms with van der Waals surface area (Å²) in [4.78, 5) is 47.8. The van der Waals surface area contributed by atoms with E-state index in [1.165, 1.54) is 24.3 Å². The van der Waals surface area contributed by atoms with Gasteiger partial charge in [-0.2, -0.15) is 9.97 Å². The van der Waals surface area contributed by atoms with Crippen LogP contribution in [0.15, 0.2) is 54.9 Å². The molecule has 3 heterocycles. The van der Waals surface area contributed by atoms with Gasteiger partial charge in [0.15, 0.2) is 29.5 Å². The number of aliphatic carboxylic acids is 2. The molecule has 1 unspecified atom stereocenters. The molecule has 6 N–H and O–H groups in total. The number of nitrogens with zero attached hydrogens (tertiary/aromatic N) is 4. The van der Waals surface area contributed by atoms with Gasteiger partial charge in [0.05, 0.1) is 11.9 Å². The molecule has 4 aromatic rings. The molecular formula is C27H21ClFN5O9. The molecule has 0 amide bonds. The lowest BCUT2D eigenvalue weighted by Crippen LogP contribution is -2.53. The SMILES string of the molecule is Nc1nc(Cl)nc2c1ncn2[C@@H]1O[C@@H]2C(OC(Cc3ccc(-c4cccc(C(=O)O)c4)cc3)(C(=O)O)C(=O)O)[C@]2(O)[C@@H]1F. The van der Waals surface area contributed by atoms with E-state index in [0.717, 1.165) is 10.9 Å². The van der Waals surface area contributed by atoms with Crippen molar-refractivity contribution >= 4 is 46.5 Å². The van der Waals surface area contributed by atoms with Gasteiger partial charge in [0, 0.05) is 6.42 Å². The van der Waals surface area contributed by atoms with Crippen LogP contribution in [-0.4, -0.2) is 87.4 Å². The molecule has 2 aromatic heterocycles. The molecule has 5 atom stereocenters. The van der Waals surface area contributed by atoms with Gasteiger partial charge in [-0.05, 0) is 40.4 Å². The summed E-state index contributed by atoms with van der Waals surface area (Å²) >= 11 is 5.86. The zero-order valence-electron chi connectivity index (χ0n) is 21.7. The highest BCUT2D eigenvalue weighted by Crippen LogP contribution is 2.58. The number of rotatable bonds is 9. The van der Waals surface area contributed by atoms with E-state index in [-0.39, 0.29) is 33.4 Å². The van der Waals surface area contributed by atoms with E-state index >= 15 is 4.39 Å². The van der Waals surface area contributed by atoms with E-state index in [1.807, 2.05) is 0 Å². The van der Waals surface area contributed by atoms with Gasteiger partial charge < -0.3 is 35.6 Å². The van der Waals surface area contributed by atoms with Gasteiger partial charge in [0.1, 0.15) is 17.7 Å². The van der Waals surface area contributed by atoms with Gasteiger partial charge in [0.2, 0.25) is 5.28 Å². The molecule has 0 bridgehead atoms. The Labute approximate surface area is 245 Å². The first-order chi connectivity index (χ1) is 20.4. The Morgan fingerprint density at radius 1 is 1.09 bits per heavy atom. The standard InChI is InChI=1S/C27H21ClFN5O9/c28-25-32-19(30)15-20(33-25)34(10-31-15)21-16(29)27(41)17(42-21)18(27)43-26(23(37)38,24(39)40)9-11-4-6-12(7-5-11)13-2-1-3-14(8-13)22(35)36/h1-8,10,16-18,21,41H,9H2,(H,35,36)(H,37,38)(H,39,40)(H2,30,32,33)/t16-,17-,18?,21-,27+/m1/s1. The number of ether oxygens (including phenoxy) is 2. The van der Waals surface area contributed by atoms with Crippen molar-refractivity contribution in [2.75, 3.05) is 5.73 Å². The highest BCUT2D eigenvalue weighted by molar-refractivity contribution is 6.28. The fraction of sp³-hybridized carbons (Fsp3) is 0.259. The van der Waals surface area contributed by atoms with Crippen LogP contribution >= 0.6 is 11.6 Å². The Kier molecular flexibility index (Phi) is 6.57. The molecule has 6 rings (SSSR count). The van der Waals surface area contributed by atoms with Crippen LogP contribution in [0.3, 0.4) is 0 Å². The Balaban J connectivity index is 1.23. The van der Waals surface area contributed by atoms with Crippen molar-refractivity contribution in [3.63, 3.8) is 0 Å². The number of nitrogen functional groups attached to an aromatic ring is 1. The molecule has 1 aliphatic heterocycles. The number of carboxylic acids is 3. The first-order valence-electron chi connectivity index (χ1n) is 12.6. The largest absolute Gasteiger partial charge is 0.479 e. The van der Waals surface area contributed by atoms with Crippen molar-refractivity contribution < 1.29 is 48.7 Å². The molecule has 1 saturated carbocycles. The van der Waals surface area contributed by atoms with E-state index in [9.17, 15) is 34.8 Å². The number of nitrogens with two attached hydrogens (primary N) is 1. The van der Waals surface area contributed by atoms with Gasteiger partial charge in [-0.25, -0.2) is 23.8 Å². The highest BCUT2D eigenvalue weighted by Gasteiger charge is 2.80. The molecule has 14 nitrogen and oxygen atoms in total. The van der Waals surface area contributed by atoms with Crippen LogP contribution in [0.5, 0.6) is 0 Å². The van der Waals surface area contributed by atoms with Gasteiger partial charge in [0.25, 0.3) is 5.60 Å². The third-order valence-electron chi connectivity index (χ3n) is 7.62. The van der Waals surface area contributed by atoms with Crippen LogP contribution < -0.4 is 5.73 Å². The fourth-order valence-corrected chi connectivity index (χ4v) is 5.44. The average molecular weight is 614 g/mol. The summed E-state index contributed by atoms with van der Waals surface area (Å²) in [7, 11) is 0. The third kappa shape index (κ3) is 4.44. The van der Waals surface area contributed by atoms with Crippen molar-refractivity contribution in [2.45, 2.75) is 42.2 Å². The lowest BCUT2D eigenvalue weighted by molar-refractivity contribution is -0.194. The number of hydrogen-bond acceptors (Lipinski definition) is 10. The number of halogens is 2. The summed E-state index contributed by atoms with van der Waals surface area (Å²) in [5, 5.41) is 40.1. The number of aromatic carboxylic acids is 1. The first-order valence-corrected chi connectivity index (χ1v) is 13.0. The lowest BCUT2D eigenvalue weighted by atomic mass is 9.92. The second-order valence-electron chi connectivity index (χ2n) is 10.2. The molecule has 43 heavy (non-hydrogen) atoms. The van der Waals surface area contributed by atoms with Crippen LogP contribution in [0.2, 0.25) is 5.28 Å². The van der Waals surface area contributed by atoms with Crippen molar-refractivity contribution in [3.8, 4) is 11.1 Å². The zero-order chi connectivity index (χ0) is 30.8. The number of hydrogen-bond donors (Lipinski definition) is 5. The number of carboxylic acid groups (broad SMARTS) is 3. The van der Waals surface area contributed by atoms with Crippen LogP contribution in [0, 0.1) is 0 Å². The quantitative estimate of drug-likeness (QED) is 0.135. The van der Waals surface area contributed by atoms with E-state index in [2.05, 4.69) is 15.0 Å². The molecular weight excluding hydrogens is 593 g/mol. The monoisotopic (exact) mass is 613 g/mol. The van der Waals surface area contributed by atoms with E-state index in [1.54, 1.807) is 24.3 Å². The number of fused-ring (bicyclic) bond motifs is 2. The molecule has 2 aliphatic rings. The van der Waals surface area contributed by atoms with Crippen molar-refractivity contribution in [1.29, 1.82) is 0 Å². The number of aromatic nitrogens is 4. The maximum Gasteiger partial charge on any atom is 0.348 e. The fourth-order valence-electron chi connectivity index (χ4n) is 5.27. The summed E-state index contributed by atoms with van der Waals surface area (Å²) in [5.41, 5.74) is 2.09. The number of carbonyl (C=O) groups is 3. The minimum absolute atomic E-state index is 0.0241. The van der Waals surface area contributed by atoms with Gasteiger partial charge in [-0.3, -0.25) is 4.57 Å². The smallest absolute Gasteiger partial charge is 0.348 e. The number of imidazole rings is 1. The van der Waals surface area contributed by atoms with Crippen molar-refractivity contribution in [1.82, 2.24) is 19.5 Å². The highest BCUT2D eigenvalue weighted by atomic mass is 35.5. The van der Waals surface area contributed by atoms with E-state index < -0.39 is 60.1 Å². The maximum absolute atomic E-state index is 15.7. The van der Waals surface area contributed by atoms with Crippen LogP contribution in [0.1, 0.15) is 22.1 Å². The topological polar surface area (TPSA) is 220 Å².